The Morgan fingerprint density at radius 1 is 1.06 bits per heavy atom. The summed E-state index contributed by atoms with van der Waals surface area (Å²) in [5.74, 6) is 1.00. The van der Waals surface area contributed by atoms with Crippen molar-refractivity contribution in [2.75, 3.05) is 55.9 Å². The number of carbonyl (C=O) groups is 1. The maximum atomic E-state index is 12.6. The second-order valence-electron chi connectivity index (χ2n) is 7.02. The van der Waals surface area contributed by atoms with E-state index in [0.29, 0.717) is 33.6 Å². The Morgan fingerprint density at radius 2 is 1.88 bits per heavy atom. The Labute approximate surface area is 199 Å². The quantitative estimate of drug-likeness (QED) is 0.404. The first-order valence-corrected chi connectivity index (χ1v) is 11.0. The van der Waals surface area contributed by atoms with Crippen molar-refractivity contribution in [1.29, 1.82) is 0 Å². The molecule has 0 unspecified atom stereocenters. The first-order chi connectivity index (χ1) is 16.1. The molecule has 33 heavy (non-hydrogen) atoms. The number of carbonyl (C=O) groups excluding carboxylic acids is 1. The van der Waals surface area contributed by atoms with E-state index in [1.807, 2.05) is 0 Å². The van der Waals surface area contributed by atoms with E-state index < -0.39 is 0 Å². The Hall–Kier alpha value is -3.51. The average molecular weight is 515 g/mol. The van der Waals surface area contributed by atoms with Crippen molar-refractivity contribution >= 4 is 45.1 Å². The molecule has 1 aliphatic rings. The van der Waals surface area contributed by atoms with Gasteiger partial charge in [0.1, 0.15) is 16.0 Å². The molecule has 1 amide bonds. The van der Waals surface area contributed by atoms with E-state index in [9.17, 15) is 4.79 Å². The highest BCUT2D eigenvalue weighted by molar-refractivity contribution is 9.10. The first-order valence-electron chi connectivity index (χ1n) is 10.2. The van der Waals surface area contributed by atoms with Crippen LogP contribution in [0, 0.1) is 0 Å². The van der Waals surface area contributed by atoms with Crippen LogP contribution in [0.15, 0.2) is 41.0 Å². The van der Waals surface area contributed by atoms with Crippen molar-refractivity contribution in [3.8, 4) is 11.8 Å². The summed E-state index contributed by atoms with van der Waals surface area (Å²) in [4.78, 5) is 32.0. The van der Waals surface area contributed by atoms with Crippen LogP contribution >= 0.6 is 15.9 Å². The number of piperazine rings is 1. The van der Waals surface area contributed by atoms with Gasteiger partial charge in [-0.15, -0.1) is 0 Å². The van der Waals surface area contributed by atoms with Gasteiger partial charge in [-0.1, -0.05) is 6.07 Å². The highest BCUT2D eigenvalue weighted by atomic mass is 79.9. The number of halogens is 1. The van der Waals surface area contributed by atoms with E-state index in [1.165, 1.54) is 14.2 Å². The molecule has 0 saturated carbocycles. The molecular formula is C21H23BrN8O3. The van der Waals surface area contributed by atoms with Crippen molar-refractivity contribution in [1.82, 2.24) is 25.3 Å². The van der Waals surface area contributed by atoms with Crippen molar-refractivity contribution < 1.29 is 14.3 Å². The average Bonchev–Trinajstić information content (AvgIpc) is 2.85. The first kappa shape index (κ1) is 22.7. The van der Waals surface area contributed by atoms with Crippen molar-refractivity contribution in [3.63, 3.8) is 0 Å². The smallest absolute Gasteiger partial charge is 0.322 e. The molecule has 4 rings (SSSR count). The third-order valence-corrected chi connectivity index (χ3v) is 5.28. The summed E-state index contributed by atoms with van der Waals surface area (Å²) in [5, 5.41) is 9.28. The minimum Gasteiger partial charge on any atom is -0.494 e. The van der Waals surface area contributed by atoms with Crippen molar-refractivity contribution in [2.45, 2.75) is 0 Å². The number of rotatable bonds is 7. The Balaban J connectivity index is 1.53. The molecule has 1 saturated heterocycles. The highest BCUT2D eigenvalue weighted by Gasteiger charge is 2.17. The predicted octanol–water partition coefficient (Wildman–Crippen LogP) is 2.45. The van der Waals surface area contributed by atoms with Crippen LogP contribution in [-0.4, -0.2) is 66.2 Å². The van der Waals surface area contributed by atoms with Gasteiger partial charge in [-0.3, -0.25) is 4.79 Å². The summed E-state index contributed by atoms with van der Waals surface area (Å²) in [6, 6.07) is 10.6. The van der Waals surface area contributed by atoms with Gasteiger partial charge < -0.3 is 30.3 Å². The third kappa shape index (κ3) is 5.65. The summed E-state index contributed by atoms with van der Waals surface area (Å²) in [6.07, 6.45) is 0. The van der Waals surface area contributed by atoms with Crippen molar-refractivity contribution in [2.24, 2.45) is 0 Å². The Morgan fingerprint density at radius 3 is 2.61 bits per heavy atom. The lowest BCUT2D eigenvalue weighted by Gasteiger charge is -2.27. The fourth-order valence-corrected chi connectivity index (χ4v) is 3.57. The number of ether oxygens (including phenoxy) is 2. The molecule has 0 aliphatic carbocycles. The molecule has 1 fully saturated rings. The van der Waals surface area contributed by atoms with Crippen LogP contribution in [-0.2, 0) is 0 Å². The molecule has 0 atom stereocenters. The monoisotopic (exact) mass is 514 g/mol. The number of amides is 1. The van der Waals surface area contributed by atoms with Crippen molar-refractivity contribution in [3.05, 3.63) is 46.7 Å². The van der Waals surface area contributed by atoms with Crippen LogP contribution in [0.25, 0.3) is 0 Å². The van der Waals surface area contributed by atoms with Crippen LogP contribution in [0.1, 0.15) is 10.5 Å². The molecule has 2 aromatic heterocycles. The predicted molar refractivity (Wildman–Crippen MR) is 128 cm³/mol. The van der Waals surface area contributed by atoms with Gasteiger partial charge in [0, 0.05) is 37.9 Å². The summed E-state index contributed by atoms with van der Waals surface area (Å²) >= 11 is 3.27. The summed E-state index contributed by atoms with van der Waals surface area (Å²) in [5.41, 5.74) is 1.46. The zero-order valence-electron chi connectivity index (χ0n) is 18.1. The summed E-state index contributed by atoms with van der Waals surface area (Å²) in [7, 11) is 3.04. The number of benzene rings is 1. The summed E-state index contributed by atoms with van der Waals surface area (Å²) < 4.78 is 11.3. The molecule has 0 bridgehead atoms. The molecule has 3 N–H and O–H groups in total. The molecule has 172 valence electrons. The van der Waals surface area contributed by atoms with Crippen LogP contribution in [0.5, 0.6) is 11.8 Å². The van der Waals surface area contributed by atoms with Gasteiger partial charge >= 0.3 is 6.01 Å². The normalized spacial score (nSPS) is 13.4. The van der Waals surface area contributed by atoms with Gasteiger partial charge in [-0.25, -0.2) is 4.98 Å². The lowest BCUT2D eigenvalue weighted by atomic mass is 10.2. The topological polar surface area (TPSA) is 126 Å². The maximum absolute atomic E-state index is 12.6. The highest BCUT2D eigenvalue weighted by Crippen LogP contribution is 2.30. The maximum Gasteiger partial charge on any atom is 0.322 e. The lowest BCUT2D eigenvalue weighted by Crippen LogP contribution is -2.44. The number of hydrogen-bond acceptors (Lipinski definition) is 10. The second kappa shape index (κ2) is 10.4. The van der Waals surface area contributed by atoms with E-state index in [-0.39, 0.29) is 17.6 Å². The number of pyridine rings is 1. The van der Waals surface area contributed by atoms with E-state index in [1.54, 1.807) is 36.4 Å². The molecule has 0 radical (unpaired) electrons. The van der Waals surface area contributed by atoms with Gasteiger partial charge in [-0.05, 0) is 40.2 Å². The van der Waals surface area contributed by atoms with E-state index in [2.05, 4.69) is 56.7 Å². The van der Waals surface area contributed by atoms with Gasteiger partial charge in [0.25, 0.3) is 5.91 Å². The molecular weight excluding hydrogens is 492 g/mol. The number of aromatic nitrogens is 4. The number of nitrogens with one attached hydrogen (secondary N) is 3. The molecule has 1 aromatic carbocycles. The number of methoxy groups -OCH3 is 2. The molecule has 0 spiro atoms. The molecule has 12 heteroatoms. The van der Waals surface area contributed by atoms with E-state index >= 15 is 0 Å². The molecule has 1 aliphatic heterocycles. The zero-order valence-corrected chi connectivity index (χ0v) is 19.7. The van der Waals surface area contributed by atoms with Crippen LogP contribution in [0.4, 0.5) is 23.3 Å². The van der Waals surface area contributed by atoms with Gasteiger partial charge in [0.15, 0.2) is 0 Å². The zero-order chi connectivity index (χ0) is 23.2. The van der Waals surface area contributed by atoms with Crippen LogP contribution < -0.4 is 30.3 Å². The van der Waals surface area contributed by atoms with E-state index in [4.69, 9.17) is 9.47 Å². The molecule has 3 heterocycles. The minimum atomic E-state index is -0.349. The standard InChI is InChI=1S/C21H23BrN8O3/c1-32-16-12-13(6-7-14(16)26-18(31)15-4-3-5-17(22)25-15)24-19-27-20(29-21(28-19)33-2)30-10-8-23-9-11-30/h3-7,12,23H,8-11H2,1-2H3,(H,26,31)(H,24,27,28,29). The second-order valence-corrected chi connectivity index (χ2v) is 7.83. The molecule has 3 aromatic rings. The number of hydrogen-bond donors (Lipinski definition) is 3. The third-order valence-electron chi connectivity index (χ3n) is 4.84. The van der Waals surface area contributed by atoms with E-state index in [0.717, 1.165) is 26.2 Å². The van der Waals surface area contributed by atoms with Gasteiger partial charge in [0.2, 0.25) is 11.9 Å². The fraction of sp³-hybridized carbons (Fsp3) is 0.286. The Kier molecular flexibility index (Phi) is 7.15. The van der Waals surface area contributed by atoms with Crippen LogP contribution in [0.2, 0.25) is 0 Å². The minimum absolute atomic E-state index is 0.221. The largest absolute Gasteiger partial charge is 0.494 e. The summed E-state index contributed by atoms with van der Waals surface area (Å²) in [6.45, 7) is 3.30. The number of nitrogens with zero attached hydrogens (tertiary/aromatic N) is 5. The Bertz CT molecular complexity index is 1140. The van der Waals surface area contributed by atoms with Gasteiger partial charge in [0.05, 0.1) is 19.9 Å². The van der Waals surface area contributed by atoms with Gasteiger partial charge in [-0.2, -0.15) is 15.0 Å². The SMILES string of the molecule is COc1nc(Nc2ccc(NC(=O)c3cccc(Br)n3)c(OC)c2)nc(N2CCNCC2)n1. The lowest BCUT2D eigenvalue weighted by molar-refractivity contribution is 0.102. The fourth-order valence-electron chi connectivity index (χ4n) is 3.22. The number of anilines is 4. The molecule has 11 nitrogen and oxygen atoms in total. The van der Waals surface area contributed by atoms with Crippen LogP contribution in [0.3, 0.4) is 0 Å².